The first-order valence-corrected chi connectivity index (χ1v) is 8.47. The number of hydrogen-bond acceptors (Lipinski definition) is 3. The molecule has 0 bridgehead atoms. The fraction of sp³-hybridized carbons (Fsp3) is 0.611. The van der Waals surface area contributed by atoms with Gasteiger partial charge in [0.05, 0.1) is 12.0 Å². The zero-order valence-corrected chi connectivity index (χ0v) is 13.0. The SMILES string of the molecule is O=C(O)C1CCC(Nc2cccc(OC3CCCC3)c2)CC1. The van der Waals surface area contributed by atoms with Crippen molar-refractivity contribution in [1.82, 2.24) is 0 Å². The maximum atomic E-state index is 11.0. The third-order valence-electron chi connectivity index (χ3n) is 4.89. The van der Waals surface area contributed by atoms with E-state index in [2.05, 4.69) is 17.4 Å². The molecule has 0 spiro atoms. The molecule has 2 N–H and O–H groups in total. The molecule has 1 aromatic rings. The van der Waals surface area contributed by atoms with E-state index in [0.29, 0.717) is 12.1 Å². The van der Waals surface area contributed by atoms with Gasteiger partial charge in [-0.25, -0.2) is 0 Å². The van der Waals surface area contributed by atoms with Gasteiger partial charge in [0, 0.05) is 17.8 Å². The largest absolute Gasteiger partial charge is 0.490 e. The Morgan fingerprint density at radius 1 is 1.09 bits per heavy atom. The van der Waals surface area contributed by atoms with Gasteiger partial charge in [-0.1, -0.05) is 6.07 Å². The molecule has 22 heavy (non-hydrogen) atoms. The van der Waals surface area contributed by atoms with Crippen LogP contribution in [0.2, 0.25) is 0 Å². The Hall–Kier alpha value is -1.71. The predicted octanol–water partition coefficient (Wildman–Crippen LogP) is 4.06. The highest BCUT2D eigenvalue weighted by molar-refractivity contribution is 5.70. The molecule has 0 saturated heterocycles. The molecule has 0 amide bonds. The number of carboxylic acids is 1. The molecule has 0 aliphatic heterocycles. The van der Waals surface area contributed by atoms with Crippen LogP contribution in [0.1, 0.15) is 51.4 Å². The fourth-order valence-corrected chi connectivity index (χ4v) is 3.58. The van der Waals surface area contributed by atoms with Crippen LogP contribution in [0.5, 0.6) is 5.75 Å². The Kier molecular flexibility index (Phi) is 4.86. The van der Waals surface area contributed by atoms with E-state index in [9.17, 15) is 4.79 Å². The zero-order chi connectivity index (χ0) is 15.4. The van der Waals surface area contributed by atoms with Crippen LogP contribution < -0.4 is 10.1 Å². The molecule has 0 unspecified atom stereocenters. The molecular weight excluding hydrogens is 278 g/mol. The van der Waals surface area contributed by atoms with Gasteiger partial charge in [0.15, 0.2) is 0 Å². The van der Waals surface area contributed by atoms with E-state index >= 15 is 0 Å². The van der Waals surface area contributed by atoms with Crippen molar-refractivity contribution in [2.24, 2.45) is 5.92 Å². The monoisotopic (exact) mass is 303 g/mol. The predicted molar refractivity (Wildman–Crippen MR) is 86.3 cm³/mol. The first kappa shape index (κ1) is 15.2. The molecule has 4 nitrogen and oxygen atoms in total. The molecule has 0 radical (unpaired) electrons. The van der Waals surface area contributed by atoms with Gasteiger partial charge in [0.2, 0.25) is 0 Å². The van der Waals surface area contributed by atoms with E-state index < -0.39 is 5.97 Å². The van der Waals surface area contributed by atoms with Crippen LogP contribution >= 0.6 is 0 Å². The number of aliphatic carboxylic acids is 1. The molecule has 3 rings (SSSR count). The molecular formula is C18H25NO3. The van der Waals surface area contributed by atoms with Crippen molar-refractivity contribution in [3.8, 4) is 5.75 Å². The summed E-state index contributed by atoms with van der Waals surface area (Å²) in [6.07, 6.45) is 8.63. The van der Waals surface area contributed by atoms with Crippen LogP contribution in [0.15, 0.2) is 24.3 Å². The number of anilines is 1. The molecule has 2 saturated carbocycles. The van der Waals surface area contributed by atoms with Gasteiger partial charge in [0.25, 0.3) is 0 Å². The van der Waals surface area contributed by atoms with Crippen molar-refractivity contribution < 1.29 is 14.6 Å². The lowest BCUT2D eigenvalue weighted by Crippen LogP contribution is -2.29. The minimum Gasteiger partial charge on any atom is -0.490 e. The first-order valence-electron chi connectivity index (χ1n) is 8.47. The maximum absolute atomic E-state index is 11.0. The summed E-state index contributed by atoms with van der Waals surface area (Å²) in [6.45, 7) is 0. The second-order valence-electron chi connectivity index (χ2n) is 6.58. The van der Waals surface area contributed by atoms with Gasteiger partial charge in [-0.3, -0.25) is 4.79 Å². The highest BCUT2D eigenvalue weighted by Gasteiger charge is 2.25. The number of hydrogen-bond donors (Lipinski definition) is 2. The minimum absolute atomic E-state index is 0.157. The van der Waals surface area contributed by atoms with Crippen LogP contribution in [-0.2, 0) is 4.79 Å². The highest BCUT2D eigenvalue weighted by Crippen LogP contribution is 2.29. The fourth-order valence-electron chi connectivity index (χ4n) is 3.58. The number of rotatable bonds is 5. The standard InChI is InChI=1S/C18H25NO3/c20-18(21)13-8-10-14(11-9-13)19-15-4-3-7-17(12-15)22-16-5-1-2-6-16/h3-4,7,12-14,16,19H,1-2,5-6,8-11H2,(H,20,21). The molecule has 2 aliphatic rings. The number of carbonyl (C=O) groups is 1. The van der Waals surface area contributed by atoms with Gasteiger partial charge in [-0.05, 0) is 63.5 Å². The van der Waals surface area contributed by atoms with Gasteiger partial charge < -0.3 is 15.2 Å². The quantitative estimate of drug-likeness (QED) is 0.861. The molecule has 2 fully saturated rings. The van der Waals surface area contributed by atoms with Crippen LogP contribution in [-0.4, -0.2) is 23.2 Å². The van der Waals surface area contributed by atoms with E-state index in [-0.39, 0.29) is 5.92 Å². The summed E-state index contributed by atoms with van der Waals surface area (Å²) in [6, 6.07) is 8.55. The topological polar surface area (TPSA) is 58.6 Å². The number of carboxylic acid groups (broad SMARTS) is 1. The molecule has 0 aromatic heterocycles. The van der Waals surface area contributed by atoms with Gasteiger partial charge in [0.1, 0.15) is 5.75 Å². The van der Waals surface area contributed by atoms with Gasteiger partial charge in [-0.2, -0.15) is 0 Å². The van der Waals surface area contributed by atoms with E-state index in [1.54, 1.807) is 0 Å². The zero-order valence-electron chi connectivity index (χ0n) is 13.0. The minimum atomic E-state index is -0.648. The summed E-state index contributed by atoms with van der Waals surface area (Å²) < 4.78 is 6.04. The average molecular weight is 303 g/mol. The second-order valence-corrected chi connectivity index (χ2v) is 6.58. The van der Waals surface area contributed by atoms with Crippen molar-refractivity contribution in [2.75, 3.05) is 5.32 Å². The Morgan fingerprint density at radius 3 is 2.50 bits per heavy atom. The Bertz CT molecular complexity index is 503. The van der Waals surface area contributed by atoms with E-state index in [0.717, 1.165) is 50.0 Å². The van der Waals surface area contributed by atoms with Crippen molar-refractivity contribution >= 4 is 11.7 Å². The number of nitrogens with one attached hydrogen (secondary N) is 1. The Balaban J connectivity index is 1.53. The van der Waals surface area contributed by atoms with Crippen LogP contribution in [0.3, 0.4) is 0 Å². The summed E-state index contributed by atoms with van der Waals surface area (Å²) in [5, 5.41) is 12.6. The second kappa shape index (κ2) is 7.03. The van der Waals surface area contributed by atoms with Crippen LogP contribution in [0.4, 0.5) is 5.69 Å². The first-order chi connectivity index (χ1) is 10.7. The van der Waals surface area contributed by atoms with Crippen LogP contribution in [0.25, 0.3) is 0 Å². The molecule has 0 atom stereocenters. The molecule has 120 valence electrons. The van der Waals surface area contributed by atoms with Gasteiger partial charge in [-0.15, -0.1) is 0 Å². The summed E-state index contributed by atoms with van der Waals surface area (Å²) >= 11 is 0. The Labute approximate surface area is 131 Å². The molecule has 2 aliphatic carbocycles. The highest BCUT2D eigenvalue weighted by atomic mass is 16.5. The summed E-state index contributed by atoms with van der Waals surface area (Å²) in [7, 11) is 0. The van der Waals surface area contributed by atoms with Crippen molar-refractivity contribution in [2.45, 2.75) is 63.5 Å². The molecule has 1 aromatic carbocycles. The van der Waals surface area contributed by atoms with E-state index in [1.807, 2.05) is 12.1 Å². The van der Waals surface area contributed by atoms with Crippen molar-refractivity contribution in [1.29, 1.82) is 0 Å². The normalized spacial score (nSPS) is 25.8. The summed E-state index contributed by atoms with van der Waals surface area (Å²) in [5.74, 6) is 0.136. The lowest BCUT2D eigenvalue weighted by Gasteiger charge is -2.27. The Morgan fingerprint density at radius 2 is 1.82 bits per heavy atom. The van der Waals surface area contributed by atoms with Crippen molar-refractivity contribution in [3.63, 3.8) is 0 Å². The van der Waals surface area contributed by atoms with E-state index in [1.165, 1.54) is 12.8 Å². The third-order valence-corrected chi connectivity index (χ3v) is 4.89. The summed E-state index contributed by atoms with van der Waals surface area (Å²) in [5.41, 5.74) is 1.08. The molecule has 0 heterocycles. The third kappa shape index (κ3) is 3.93. The average Bonchev–Trinajstić information content (AvgIpc) is 3.01. The van der Waals surface area contributed by atoms with Gasteiger partial charge >= 0.3 is 5.97 Å². The van der Waals surface area contributed by atoms with E-state index in [4.69, 9.17) is 9.84 Å². The van der Waals surface area contributed by atoms with Crippen molar-refractivity contribution in [3.05, 3.63) is 24.3 Å². The number of benzene rings is 1. The lowest BCUT2D eigenvalue weighted by atomic mass is 9.86. The lowest BCUT2D eigenvalue weighted by molar-refractivity contribution is -0.142. The maximum Gasteiger partial charge on any atom is 0.306 e. The number of ether oxygens (including phenoxy) is 1. The molecule has 4 heteroatoms. The summed E-state index contributed by atoms with van der Waals surface area (Å²) in [4.78, 5) is 11.0. The van der Waals surface area contributed by atoms with Crippen LogP contribution in [0, 0.1) is 5.92 Å². The smallest absolute Gasteiger partial charge is 0.306 e.